The van der Waals surface area contributed by atoms with Gasteiger partial charge in [-0.3, -0.25) is 9.59 Å². The Balaban J connectivity index is 4.31. The molecule has 0 rings (SSSR count). The highest BCUT2D eigenvalue weighted by molar-refractivity contribution is 5.72. The van der Waals surface area contributed by atoms with Crippen LogP contribution < -0.4 is 0 Å². The highest BCUT2D eigenvalue weighted by Gasteiger charge is 2.31. The number of carboxylic acids is 1. The van der Waals surface area contributed by atoms with Crippen LogP contribution in [0.4, 0.5) is 0 Å². The van der Waals surface area contributed by atoms with Gasteiger partial charge in [-0.2, -0.15) is 0 Å². The Morgan fingerprint density at radius 1 is 0.448 bits per heavy atom. The maximum absolute atomic E-state index is 12.8. The highest BCUT2D eigenvalue weighted by Crippen LogP contribution is 2.15. The molecule has 8 nitrogen and oxygen atoms in total. The summed E-state index contributed by atoms with van der Waals surface area (Å²) >= 11 is 0. The summed E-state index contributed by atoms with van der Waals surface area (Å²) in [4.78, 5) is 37.2. The number of carbonyl (C=O) groups is 3. The molecule has 0 aliphatic carbocycles. The molecular weight excluding hydrogens is 835 g/mol. The molecule has 8 heteroatoms. The lowest BCUT2D eigenvalue weighted by Crippen LogP contribution is -2.50. The van der Waals surface area contributed by atoms with Gasteiger partial charge in [0.15, 0.2) is 12.1 Å². The van der Waals surface area contributed by atoms with Crippen molar-refractivity contribution >= 4 is 17.9 Å². The zero-order valence-corrected chi connectivity index (χ0v) is 43.3. The lowest BCUT2D eigenvalue weighted by atomic mass is 10.0. The number of rotatable bonds is 46. The molecule has 0 amide bonds. The summed E-state index contributed by atoms with van der Waals surface area (Å²) in [6, 6.07) is -0.632. The zero-order chi connectivity index (χ0) is 49.2. The number of nitrogens with zero attached hydrogens (tertiary/aromatic N) is 1. The molecule has 0 saturated carbocycles. The maximum atomic E-state index is 12.8. The largest absolute Gasteiger partial charge is 0.477 e. The standard InChI is InChI=1S/C59H97NO7/c1-6-8-10-12-14-16-18-20-22-24-26-28-29-30-32-33-35-37-39-41-43-45-47-49-57(61)66-54-55(53-65-52-51-56(59(63)64)60(3,4)5)67-58(62)50-48-46-44-42-40-38-36-34-31-27-25-23-21-19-17-15-13-11-9-7-2/h8-11,14-17,20-23,27,31,36,38,42,44,55-56H,6-7,12-13,18-19,24-26,28-30,32-35,37,39-41,43,45-54H2,1-5H3/p+1/b10-8+,11-9+,16-14+,17-15+,22-20+,23-21+,31-27+,38-36+,44-42+. The van der Waals surface area contributed by atoms with Gasteiger partial charge in [-0.05, 0) is 89.9 Å². The van der Waals surface area contributed by atoms with E-state index in [2.05, 4.69) is 123 Å². The minimum absolute atomic E-state index is 0.0316. The van der Waals surface area contributed by atoms with Crippen LogP contribution in [0.3, 0.4) is 0 Å². The van der Waals surface area contributed by atoms with Crippen LogP contribution in [0.15, 0.2) is 109 Å². The molecule has 0 fully saturated rings. The normalized spacial score (nSPS) is 13.7. The van der Waals surface area contributed by atoms with Gasteiger partial charge in [-0.15, -0.1) is 0 Å². The highest BCUT2D eigenvalue weighted by atomic mass is 16.6. The van der Waals surface area contributed by atoms with Gasteiger partial charge in [0.1, 0.15) is 6.61 Å². The Morgan fingerprint density at radius 2 is 0.806 bits per heavy atom. The molecule has 0 saturated heterocycles. The SMILES string of the molecule is CC/C=C/C/C=C/C/C=C/C/C=C/C/C=C/C/C=C/CCCC(=O)OC(COCCC(C(=O)O)[N+](C)(C)C)COC(=O)CCCCCCCCCCCCCCC/C=C/C/C=C/C/C=C/CC. The Labute approximate surface area is 410 Å². The van der Waals surface area contributed by atoms with E-state index in [-0.39, 0.29) is 42.7 Å². The predicted molar refractivity (Wildman–Crippen MR) is 284 cm³/mol. The number of likely N-dealkylation sites (N-methyl/N-ethyl adjacent to an activating group) is 1. The van der Waals surface area contributed by atoms with Crippen LogP contribution in [-0.2, 0) is 28.6 Å². The third-order valence-corrected chi connectivity index (χ3v) is 11.2. The van der Waals surface area contributed by atoms with E-state index in [1.54, 1.807) is 0 Å². The summed E-state index contributed by atoms with van der Waals surface area (Å²) in [6.07, 6.45) is 67.2. The fourth-order valence-electron chi connectivity index (χ4n) is 7.18. The molecule has 0 aliphatic heterocycles. The Kier molecular flexibility index (Phi) is 45.5. The van der Waals surface area contributed by atoms with Crippen molar-refractivity contribution in [2.75, 3.05) is 41.0 Å². The molecule has 0 spiro atoms. The number of ether oxygens (including phenoxy) is 3. The van der Waals surface area contributed by atoms with Gasteiger partial charge in [0, 0.05) is 19.3 Å². The molecule has 0 aromatic rings. The zero-order valence-electron chi connectivity index (χ0n) is 43.3. The van der Waals surface area contributed by atoms with Gasteiger partial charge in [-0.1, -0.05) is 194 Å². The van der Waals surface area contributed by atoms with Crippen LogP contribution >= 0.6 is 0 Å². The van der Waals surface area contributed by atoms with E-state index in [0.717, 1.165) is 83.5 Å². The smallest absolute Gasteiger partial charge is 0.362 e. The lowest BCUT2D eigenvalue weighted by molar-refractivity contribution is -0.887. The van der Waals surface area contributed by atoms with E-state index >= 15 is 0 Å². The van der Waals surface area contributed by atoms with E-state index in [1.807, 2.05) is 21.1 Å². The van der Waals surface area contributed by atoms with E-state index in [4.69, 9.17) is 14.2 Å². The van der Waals surface area contributed by atoms with Crippen LogP contribution in [0, 0.1) is 0 Å². The third kappa shape index (κ3) is 46.9. The third-order valence-electron chi connectivity index (χ3n) is 11.2. The van der Waals surface area contributed by atoms with Crippen molar-refractivity contribution in [1.29, 1.82) is 0 Å². The number of carboxylic acid groups (broad SMARTS) is 1. The number of hydrogen-bond donors (Lipinski definition) is 1. The van der Waals surface area contributed by atoms with E-state index in [1.165, 1.54) is 70.6 Å². The molecule has 0 aliphatic rings. The van der Waals surface area contributed by atoms with E-state index in [0.29, 0.717) is 19.3 Å². The minimum Gasteiger partial charge on any atom is -0.477 e. The molecule has 2 unspecified atom stereocenters. The quantitative estimate of drug-likeness (QED) is 0.0281. The van der Waals surface area contributed by atoms with Crippen LogP contribution in [0.5, 0.6) is 0 Å². The maximum Gasteiger partial charge on any atom is 0.362 e. The van der Waals surface area contributed by atoms with Gasteiger partial charge in [-0.25, -0.2) is 4.79 Å². The number of aliphatic carboxylic acids is 1. The number of unbranched alkanes of at least 4 members (excludes halogenated alkanes) is 14. The number of hydrogen-bond acceptors (Lipinski definition) is 6. The van der Waals surface area contributed by atoms with Crippen molar-refractivity contribution in [3.8, 4) is 0 Å². The summed E-state index contributed by atoms with van der Waals surface area (Å²) in [5.41, 5.74) is 0. The number of allylic oxidation sites excluding steroid dienone is 18. The second kappa shape index (κ2) is 48.4. The molecule has 0 aromatic carbocycles. The van der Waals surface area contributed by atoms with Gasteiger partial charge >= 0.3 is 17.9 Å². The molecule has 1 N–H and O–H groups in total. The van der Waals surface area contributed by atoms with Crippen molar-refractivity contribution in [2.45, 2.75) is 206 Å². The monoisotopic (exact) mass is 933 g/mol. The Morgan fingerprint density at radius 3 is 1.21 bits per heavy atom. The van der Waals surface area contributed by atoms with Crippen LogP contribution in [-0.4, -0.2) is 80.6 Å². The second-order valence-electron chi connectivity index (χ2n) is 18.4. The molecule has 2 atom stereocenters. The second-order valence-corrected chi connectivity index (χ2v) is 18.4. The molecule has 67 heavy (non-hydrogen) atoms. The van der Waals surface area contributed by atoms with E-state index < -0.39 is 18.1 Å². The van der Waals surface area contributed by atoms with Crippen molar-refractivity contribution in [1.82, 2.24) is 0 Å². The van der Waals surface area contributed by atoms with Crippen LogP contribution in [0.1, 0.15) is 194 Å². The Bertz CT molecular complexity index is 1460. The topological polar surface area (TPSA) is 99.1 Å². The lowest BCUT2D eigenvalue weighted by Gasteiger charge is -2.31. The first kappa shape index (κ1) is 63.0. The summed E-state index contributed by atoms with van der Waals surface area (Å²) in [7, 11) is 5.51. The molecule has 0 aromatic heterocycles. The summed E-state index contributed by atoms with van der Waals surface area (Å²) in [5, 5.41) is 9.66. The molecule has 380 valence electrons. The van der Waals surface area contributed by atoms with Gasteiger partial charge in [0.05, 0.1) is 34.4 Å². The minimum atomic E-state index is -0.887. The first-order valence-electron chi connectivity index (χ1n) is 26.4. The average molecular weight is 933 g/mol. The Hall–Kier alpha value is -4.01. The van der Waals surface area contributed by atoms with Crippen molar-refractivity contribution in [2.24, 2.45) is 0 Å². The van der Waals surface area contributed by atoms with Crippen molar-refractivity contribution < 1.29 is 38.2 Å². The summed E-state index contributed by atoms with van der Waals surface area (Å²) < 4.78 is 17.3. The van der Waals surface area contributed by atoms with E-state index in [9.17, 15) is 19.5 Å². The van der Waals surface area contributed by atoms with Crippen LogP contribution in [0.25, 0.3) is 0 Å². The summed E-state index contributed by atoms with van der Waals surface area (Å²) in [6.45, 7) is 4.45. The van der Waals surface area contributed by atoms with Crippen molar-refractivity contribution in [3.05, 3.63) is 109 Å². The number of quaternary nitrogens is 1. The predicted octanol–water partition coefficient (Wildman–Crippen LogP) is 15.6. The first-order chi connectivity index (χ1) is 32.6. The van der Waals surface area contributed by atoms with Gasteiger partial charge in [0.25, 0.3) is 0 Å². The molecular formula is C59H98NO7+. The van der Waals surface area contributed by atoms with Crippen LogP contribution in [0.2, 0.25) is 0 Å². The van der Waals surface area contributed by atoms with Gasteiger partial charge < -0.3 is 23.8 Å². The summed E-state index contributed by atoms with van der Waals surface area (Å²) in [5.74, 6) is -1.55. The molecule has 0 heterocycles. The average Bonchev–Trinajstić information content (AvgIpc) is 3.29. The fraction of sp³-hybridized carbons (Fsp3) is 0.644. The first-order valence-corrected chi connectivity index (χ1v) is 26.4. The van der Waals surface area contributed by atoms with Gasteiger partial charge in [0.2, 0.25) is 0 Å². The molecule has 0 radical (unpaired) electrons. The number of carbonyl (C=O) groups excluding carboxylic acids is 2. The number of esters is 2. The van der Waals surface area contributed by atoms with Crippen molar-refractivity contribution in [3.63, 3.8) is 0 Å². The fourth-order valence-corrected chi connectivity index (χ4v) is 7.18. The molecule has 0 bridgehead atoms.